The van der Waals surface area contributed by atoms with Crippen LogP contribution in [0.15, 0.2) is 12.7 Å². The normalized spacial score (nSPS) is 38.2. The molecule has 2 fully saturated rings. The summed E-state index contributed by atoms with van der Waals surface area (Å²) in [5, 5.41) is 0. The SMILES string of the molecule is C=CCCN1CC2CC2(Cl)C1=O. The van der Waals surface area contributed by atoms with Crippen molar-refractivity contribution >= 4 is 17.5 Å². The summed E-state index contributed by atoms with van der Waals surface area (Å²) in [4.78, 5) is 12.9. The van der Waals surface area contributed by atoms with E-state index in [0.29, 0.717) is 5.92 Å². The van der Waals surface area contributed by atoms with Crippen LogP contribution in [0.25, 0.3) is 0 Å². The van der Waals surface area contributed by atoms with Gasteiger partial charge in [0.15, 0.2) is 0 Å². The lowest BCUT2D eigenvalue weighted by Crippen LogP contribution is -2.32. The van der Waals surface area contributed by atoms with Crippen LogP contribution in [0.4, 0.5) is 0 Å². The van der Waals surface area contributed by atoms with Crippen LogP contribution in [0.5, 0.6) is 0 Å². The van der Waals surface area contributed by atoms with Crippen LogP contribution in [0.2, 0.25) is 0 Å². The molecule has 2 atom stereocenters. The number of fused-ring (bicyclic) bond motifs is 1. The van der Waals surface area contributed by atoms with Crippen molar-refractivity contribution in [1.82, 2.24) is 4.90 Å². The molecule has 0 spiro atoms. The molecule has 2 aliphatic rings. The number of likely N-dealkylation sites (tertiary alicyclic amines) is 1. The summed E-state index contributed by atoms with van der Waals surface area (Å²) in [6.45, 7) is 5.27. The molecular formula is C9H12ClNO. The third-order valence-electron chi connectivity index (χ3n) is 2.72. The van der Waals surface area contributed by atoms with E-state index in [-0.39, 0.29) is 5.91 Å². The van der Waals surface area contributed by atoms with Crippen LogP contribution in [0, 0.1) is 5.92 Å². The molecule has 0 aromatic heterocycles. The molecule has 1 aliphatic heterocycles. The summed E-state index contributed by atoms with van der Waals surface area (Å²) in [5.41, 5.74) is 0. The molecule has 1 saturated carbocycles. The Bertz CT molecular complexity index is 241. The molecule has 2 rings (SSSR count). The van der Waals surface area contributed by atoms with Crippen LogP contribution >= 0.6 is 11.6 Å². The fourth-order valence-electron chi connectivity index (χ4n) is 1.82. The second kappa shape index (κ2) is 2.49. The van der Waals surface area contributed by atoms with Crippen LogP contribution in [0.3, 0.4) is 0 Å². The Morgan fingerprint density at radius 3 is 3.08 bits per heavy atom. The molecule has 1 aliphatic carbocycles. The maximum absolute atomic E-state index is 11.5. The van der Waals surface area contributed by atoms with Gasteiger partial charge in [-0.25, -0.2) is 0 Å². The number of halogens is 1. The van der Waals surface area contributed by atoms with Gasteiger partial charge in [-0.1, -0.05) is 6.08 Å². The van der Waals surface area contributed by atoms with Gasteiger partial charge in [0.05, 0.1) is 0 Å². The van der Waals surface area contributed by atoms with Crippen molar-refractivity contribution in [1.29, 1.82) is 0 Å². The molecule has 0 radical (unpaired) electrons. The third kappa shape index (κ3) is 0.977. The Balaban J connectivity index is 1.95. The molecule has 2 nitrogen and oxygen atoms in total. The number of amides is 1. The van der Waals surface area contributed by atoms with Crippen LogP contribution in [-0.4, -0.2) is 28.8 Å². The first-order valence-corrected chi connectivity index (χ1v) is 4.65. The standard InChI is InChI=1S/C9H12ClNO/c1-2-3-4-11-6-7-5-9(7,10)8(11)12/h2,7H,1,3-6H2. The lowest BCUT2D eigenvalue weighted by atomic mass is 10.3. The Hall–Kier alpha value is -0.500. The first kappa shape index (κ1) is 8.11. The molecule has 0 N–H and O–H groups in total. The molecule has 0 bridgehead atoms. The maximum atomic E-state index is 11.5. The predicted octanol–water partition coefficient (Wildman–Crippen LogP) is 1.40. The highest BCUT2D eigenvalue weighted by molar-refractivity contribution is 6.38. The topological polar surface area (TPSA) is 20.3 Å². The second-order valence-electron chi connectivity index (χ2n) is 3.59. The zero-order valence-corrected chi connectivity index (χ0v) is 7.68. The molecule has 3 heteroatoms. The van der Waals surface area contributed by atoms with Gasteiger partial charge in [0.2, 0.25) is 5.91 Å². The van der Waals surface area contributed by atoms with E-state index in [1.54, 1.807) is 0 Å². The molecule has 1 heterocycles. The lowest BCUT2D eigenvalue weighted by Gasteiger charge is -2.17. The summed E-state index contributed by atoms with van der Waals surface area (Å²) >= 11 is 6.05. The predicted molar refractivity (Wildman–Crippen MR) is 48.1 cm³/mol. The van der Waals surface area contributed by atoms with Crippen molar-refractivity contribution in [3.63, 3.8) is 0 Å². The Labute approximate surface area is 77.2 Å². The molecule has 66 valence electrons. The van der Waals surface area contributed by atoms with Crippen LogP contribution in [-0.2, 0) is 4.79 Å². The molecule has 0 aromatic rings. The van der Waals surface area contributed by atoms with Crippen molar-refractivity contribution in [2.75, 3.05) is 13.1 Å². The molecular weight excluding hydrogens is 174 g/mol. The van der Waals surface area contributed by atoms with Gasteiger partial charge in [0.25, 0.3) is 0 Å². The molecule has 1 saturated heterocycles. The highest BCUT2D eigenvalue weighted by Crippen LogP contribution is 2.55. The average molecular weight is 186 g/mol. The smallest absolute Gasteiger partial charge is 0.244 e. The van der Waals surface area contributed by atoms with E-state index < -0.39 is 4.87 Å². The Kier molecular flexibility index (Phi) is 1.69. The van der Waals surface area contributed by atoms with E-state index in [0.717, 1.165) is 25.9 Å². The fourth-order valence-corrected chi connectivity index (χ4v) is 2.20. The van der Waals surface area contributed by atoms with Crippen molar-refractivity contribution in [2.45, 2.75) is 17.7 Å². The van der Waals surface area contributed by atoms with Gasteiger partial charge < -0.3 is 4.90 Å². The minimum absolute atomic E-state index is 0.135. The summed E-state index contributed by atoms with van der Waals surface area (Å²) in [6.07, 6.45) is 3.58. The summed E-state index contributed by atoms with van der Waals surface area (Å²) < 4.78 is 0. The summed E-state index contributed by atoms with van der Waals surface area (Å²) in [5.74, 6) is 0.562. The van der Waals surface area contributed by atoms with Gasteiger partial charge in [0, 0.05) is 19.0 Å². The van der Waals surface area contributed by atoms with Crippen molar-refractivity contribution in [2.24, 2.45) is 5.92 Å². The highest BCUT2D eigenvalue weighted by Gasteiger charge is 2.65. The Morgan fingerprint density at radius 2 is 2.58 bits per heavy atom. The maximum Gasteiger partial charge on any atom is 0.244 e. The molecule has 0 aromatic carbocycles. The van der Waals surface area contributed by atoms with E-state index in [9.17, 15) is 4.79 Å². The first-order valence-electron chi connectivity index (χ1n) is 4.27. The van der Waals surface area contributed by atoms with Crippen molar-refractivity contribution in [3.8, 4) is 0 Å². The number of piperidine rings is 1. The van der Waals surface area contributed by atoms with E-state index in [4.69, 9.17) is 11.6 Å². The molecule has 2 unspecified atom stereocenters. The largest absolute Gasteiger partial charge is 0.340 e. The van der Waals surface area contributed by atoms with Gasteiger partial charge in [0.1, 0.15) is 4.87 Å². The molecule has 12 heavy (non-hydrogen) atoms. The highest BCUT2D eigenvalue weighted by atomic mass is 35.5. The minimum Gasteiger partial charge on any atom is -0.340 e. The average Bonchev–Trinajstić information content (AvgIpc) is 2.64. The van der Waals surface area contributed by atoms with E-state index >= 15 is 0 Å². The van der Waals surface area contributed by atoms with E-state index in [2.05, 4.69) is 6.58 Å². The van der Waals surface area contributed by atoms with Crippen LogP contribution < -0.4 is 0 Å². The zero-order valence-electron chi connectivity index (χ0n) is 6.92. The summed E-state index contributed by atoms with van der Waals surface area (Å²) in [6, 6.07) is 0. The van der Waals surface area contributed by atoms with Crippen LogP contribution in [0.1, 0.15) is 12.8 Å². The summed E-state index contributed by atoms with van der Waals surface area (Å²) in [7, 11) is 0. The monoisotopic (exact) mass is 185 g/mol. The number of alkyl halides is 1. The van der Waals surface area contributed by atoms with E-state index in [1.807, 2.05) is 11.0 Å². The number of hydrogen-bond acceptors (Lipinski definition) is 1. The van der Waals surface area contributed by atoms with Crippen molar-refractivity contribution < 1.29 is 4.79 Å². The number of rotatable bonds is 3. The number of carbonyl (C=O) groups excluding carboxylic acids is 1. The second-order valence-corrected chi connectivity index (χ2v) is 4.27. The van der Waals surface area contributed by atoms with Gasteiger partial charge in [-0.2, -0.15) is 0 Å². The fraction of sp³-hybridized carbons (Fsp3) is 0.667. The first-order chi connectivity index (χ1) is 5.68. The zero-order chi connectivity index (χ0) is 8.77. The quantitative estimate of drug-likeness (QED) is 0.481. The minimum atomic E-state index is -0.485. The Morgan fingerprint density at radius 1 is 1.83 bits per heavy atom. The van der Waals surface area contributed by atoms with Gasteiger partial charge in [-0.05, 0) is 12.8 Å². The third-order valence-corrected chi connectivity index (χ3v) is 3.34. The number of hydrogen-bond donors (Lipinski definition) is 0. The van der Waals surface area contributed by atoms with E-state index in [1.165, 1.54) is 0 Å². The van der Waals surface area contributed by atoms with Crippen molar-refractivity contribution in [3.05, 3.63) is 12.7 Å². The number of carbonyl (C=O) groups is 1. The number of nitrogens with zero attached hydrogens (tertiary/aromatic N) is 1. The van der Waals surface area contributed by atoms with Gasteiger partial charge >= 0.3 is 0 Å². The van der Waals surface area contributed by atoms with Gasteiger partial charge in [-0.15, -0.1) is 18.2 Å². The lowest BCUT2D eigenvalue weighted by molar-refractivity contribution is -0.129. The van der Waals surface area contributed by atoms with Gasteiger partial charge in [-0.3, -0.25) is 4.79 Å². The molecule has 1 amide bonds.